The third kappa shape index (κ3) is 3.46. The number of nitrogens with one attached hydrogen (secondary N) is 1. The van der Waals surface area contributed by atoms with E-state index < -0.39 is 0 Å². The van der Waals surface area contributed by atoms with Gasteiger partial charge in [-0.2, -0.15) is 0 Å². The number of nitrogens with zero attached hydrogens (tertiary/aromatic N) is 1. The van der Waals surface area contributed by atoms with Gasteiger partial charge in [0.05, 0.1) is 0 Å². The van der Waals surface area contributed by atoms with Gasteiger partial charge in [-0.3, -0.25) is 0 Å². The largest absolute Gasteiger partial charge is 0.311 e. The van der Waals surface area contributed by atoms with Crippen LogP contribution in [0.1, 0.15) is 46.5 Å². The summed E-state index contributed by atoms with van der Waals surface area (Å²) in [6.07, 6.45) is 5.40. The molecule has 1 saturated heterocycles. The maximum absolute atomic E-state index is 3.74. The van der Waals surface area contributed by atoms with E-state index in [1.807, 2.05) is 0 Å². The molecule has 1 heterocycles. The first kappa shape index (κ1) is 12.4. The molecule has 2 aliphatic rings. The van der Waals surface area contributed by atoms with Gasteiger partial charge in [-0.05, 0) is 57.5 Å². The first-order valence-corrected chi connectivity index (χ1v) is 7.17. The molecule has 2 fully saturated rings. The zero-order valence-corrected chi connectivity index (χ0v) is 11.2. The lowest BCUT2D eigenvalue weighted by Gasteiger charge is -2.32. The van der Waals surface area contributed by atoms with E-state index in [0.29, 0.717) is 6.04 Å². The Morgan fingerprint density at radius 3 is 2.50 bits per heavy atom. The fraction of sp³-hybridized carbons (Fsp3) is 1.00. The van der Waals surface area contributed by atoms with Gasteiger partial charge in [0.15, 0.2) is 0 Å². The van der Waals surface area contributed by atoms with Gasteiger partial charge < -0.3 is 10.2 Å². The van der Waals surface area contributed by atoms with Gasteiger partial charge in [-0.1, -0.05) is 13.8 Å². The first-order valence-electron chi connectivity index (χ1n) is 7.17. The second-order valence-corrected chi connectivity index (χ2v) is 6.02. The van der Waals surface area contributed by atoms with Crippen LogP contribution >= 0.6 is 0 Å². The van der Waals surface area contributed by atoms with Gasteiger partial charge >= 0.3 is 0 Å². The van der Waals surface area contributed by atoms with Crippen LogP contribution in [-0.2, 0) is 0 Å². The van der Waals surface area contributed by atoms with Crippen LogP contribution in [0.4, 0.5) is 0 Å². The van der Waals surface area contributed by atoms with Crippen LogP contribution in [0, 0.1) is 11.8 Å². The van der Waals surface area contributed by atoms with Gasteiger partial charge in [0.1, 0.15) is 0 Å². The molecule has 2 rings (SSSR count). The smallest absolute Gasteiger partial charge is 0.00790 e. The van der Waals surface area contributed by atoms with Crippen molar-refractivity contribution in [1.29, 1.82) is 0 Å². The van der Waals surface area contributed by atoms with Gasteiger partial charge in [-0.15, -0.1) is 0 Å². The lowest BCUT2D eigenvalue weighted by atomic mass is 10.1. The second kappa shape index (κ2) is 5.50. The molecule has 1 aliphatic carbocycles. The summed E-state index contributed by atoms with van der Waals surface area (Å²) in [6.45, 7) is 11.0. The molecule has 4 unspecified atom stereocenters. The number of hydrogen-bond donors (Lipinski definition) is 1. The SMILES string of the molecule is CCC1CCN(CC2CC2C)CCC(C)N1. The molecule has 0 spiro atoms. The summed E-state index contributed by atoms with van der Waals surface area (Å²) in [4.78, 5) is 2.72. The van der Waals surface area contributed by atoms with E-state index in [1.165, 1.54) is 45.3 Å². The molecule has 4 atom stereocenters. The summed E-state index contributed by atoms with van der Waals surface area (Å²) in [7, 11) is 0. The summed E-state index contributed by atoms with van der Waals surface area (Å²) in [6, 6.07) is 1.44. The Morgan fingerprint density at radius 1 is 1.19 bits per heavy atom. The van der Waals surface area contributed by atoms with E-state index in [0.717, 1.165) is 17.9 Å². The van der Waals surface area contributed by atoms with Crippen molar-refractivity contribution in [2.24, 2.45) is 11.8 Å². The summed E-state index contributed by atoms with van der Waals surface area (Å²) in [5.41, 5.74) is 0. The van der Waals surface area contributed by atoms with Crippen LogP contribution in [0.15, 0.2) is 0 Å². The van der Waals surface area contributed by atoms with Crippen LogP contribution in [0.2, 0.25) is 0 Å². The Balaban J connectivity index is 1.79. The van der Waals surface area contributed by atoms with Gasteiger partial charge in [0.25, 0.3) is 0 Å². The molecule has 0 bridgehead atoms. The molecule has 0 aromatic heterocycles. The first-order chi connectivity index (χ1) is 7.69. The molecule has 1 aliphatic heterocycles. The lowest BCUT2D eigenvalue weighted by molar-refractivity contribution is 0.204. The van der Waals surface area contributed by atoms with Crippen molar-refractivity contribution in [3.63, 3.8) is 0 Å². The Bertz CT molecular complexity index is 217. The minimum absolute atomic E-state index is 0.698. The summed E-state index contributed by atoms with van der Waals surface area (Å²) >= 11 is 0. The van der Waals surface area contributed by atoms with E-state index in [4.69, 9.17) is 0 Å². The molecule has 2 nitrogen and oxygen atoms in total. The second-order valence-electron chi connectivity index (χ2n) is 6.02. The number of hydrogen-bond acceptors (Lipinski definition) is 2. The molecule has 94 valence electrons. The van der Waals surface area contributed by atoms with Gasteiger partial charge in [0.2, 0.25) is 0 Å². The minimum atomic E-state index is 0.698. The average molecular weight is 224 g/mol. The summed E-state index contributed by atoms with van der Waals surface area (Å²) in [5.74, 6) is 2.02. The molecule has 0 aromatic rings. The highest BCUT2D eigenvalue weighted by Crippen LogP contribution is 2.38. The Hall–Kier alpha value is -0.0800. The lowest BCUT2D eigenvalue weighted by Crippen LogP contribution is -2.44. The van der Waals surface area contributed by atoms with Crippen molar-refractivity contribution in [3.8, 4) is 0 Å². The van der Waals surface area contributed by atoms with Crippen molar-refractivity contribution in [3.05, 3.63) is 0 Å². The predicted molar refractivity (Wildman–Crippen MR) is 69.6 cm³/mol. The molecule has 2 heteroatoms. The molecule has 0 radical (unpaired) electrons. The molecule has 0 amide bonds. The quantitative estimate of drug-likeness (QED) is 0.792. The predicted octanol–water partition coefficient (Wildman–Crippen LogP) is 2.49. The van der Waals surface area contributed by atoms with Crippen molar-refractivity contribution in [2.75, 3.05) is 19.6 Å². The molecule has 16 heavy (non-hydrogen) atoms. The zero-order valence-electron chi connectivity index (χ0n) is 11.2. The summed E-state index contributed by atoms with van der Waals surface area (Å²) in [5, 5.41) is 3.74. The standard InChI is InChI=1S/C14H28N2/c1-4-14-6-8-16(7-5-12(3)15-14)10-13-9-11(13)2/h11-15H,4-10H2,1-3H3. The highest BCUT2D eigenvalue weighted by Gasteiger charge is 2.34. The molecule has 1 N–H and O–H groups in total. The maximum atomic E-state index is 3.74. The summed E-state index contributed by atoms with van der Waals surface area (Å²) < 4.78 is 0. The van der Waals surface area contributed by atoms with E-state index >= 15 is 0 Å². The maximum Gasteiger partial charge on any atom is 0.00790 e. The van der Waals surface area contributed by atoms with Crippen LogP contribution in [-0.4, -0.2) is 36.6 Å². The van der Waals surface area contributed by atoms with E-state index in [-0.39, 0.29) is 0 Å². The Labute approximate surface area is 101 Å². The fourth-order valence-corrected chi connectivity index (χ4v) is 2.89. The highest BCUT2D eigenvalue weighted by atomic mass is 15.1. The topological polar surface area (TPSA) is 15.3 Å². The Morgan fingerprint density at radius 2 is 1.88 bits per heavy atom. The average Bonchev–Trinajstić information content (AvgIpc) is 2.93. The van der Waals surface area contributed by atoms with E-state index in [9.17, 15) is 0 Å². The van der Waals surface area contributed by atoms with E-state index in [2.05, 4.69) is 31.0 Å². The molecule has 1 saturated carbocycles. The molecular weight excluding hydrogens is 196 g/mol. The third-order valence-electron chi connectivity index (χ3n) is 4.45. The van der Waals surface area contributed by atoms with Crippen molar-refractivity contribution >= 4 is 0 Å². The van der Waals surface area contributed by atoms with Crippen LogP contribution in [0.3, 0.4) is 0 Å². The van der Waals surface area contributed by atoms with Crippen LogP contribution < -0.4 is 5.32 Å². The van der Waals surface area contributed by atoms with Gasteiger partial charge in [0, 0.05) is 18.6 Å². The van der Waals surface area contributed by atoms with Crippen LogP contribution in [0.5, 0.6) is 0 Å². The number of rotatable bonds is 3. The third-order valence-corrected chi connectivity index (χ3v) is 4.45. The zero-order chi connectivity index (χ0) is 11.5. The Kier molecular flexibility index (Phi) is 4.26. The molecular formula is C14H28N2. The van der Waals surface area contributed by atoms with E-state index in [1.54, 1.807) is 0 Å². The molecule has 0 aromatic carbocycles. The highest BCUT2D eigenvalue weighted by molar-refractivity contribution is 4.86. The van der Waals surface area contributed by atoms with Crippen molar-refractivity contribution in [2.45, 2.75) is 58.5 Å². The normalized spacial score (nSPS) is 41.4. The van der Waals surface area contributed by atoms with Crippen LogP contribution in [0.25, 0.3) is 0 Å². The van der Waals surface area contributed by atoms with Gasteiger partial charge in [-0.25, -0.2) is 0 Å². The monoisotopic (exact) mass is 224 g/mol. The van der Waals surface area contributed by atoms with Crippen molar-refractivity contribution in [1.82, 2.24) is 10.2 Å². The van der Waals surface area contributed by atoms with Crippen molar-refractivity contribution < 1.29 is 0 Å². The fourth-order valence-electron chi connectivity index (χ4n) is 2.89. The minimum Gasteiger partial charge on any atom is -0.311 e.